The number of aryl methyl sites for hydroxylation is 2. The van der Waals surface area contributed by atoms with Crippen LogP contribution in [0.15, 0.2) is 47.8 Å². The SMILES string of the molecule is Cc1ccc(-c2csc(NC(=O)c3ccc(I)cc3)c2C(=O)O)cc1C. The van der Waals surface area contributed by atoms with Crippen LogP contribution in [0.25, 0.3) is 11.1 Å². The largest absolute Gasteiger partial charge is 0.478 e. The summed E-state index contributed by atoms with van der Waals surface area (Å²) in [6, 6.07) is 12.9. The number of aromatic carboxylic acids is 1. The second-order valence-electron chi connectivity index (χ2n) is 5.92. The van der Waals surface area contributed by atoms with Gasteiger partial charge in [0.25, 0.3) is 5.91 Å². The maximum atomic E-state index is 12.4. The molecular weight excluding hydrogens is 461 g/mol. The minimum Gasteiger partial charge on any atom is -0.478 e. The maximum absolute atomic E-state index is 12.4. The third-order valence-corrected chi connectivity index (χ3v) is 5.77. The molecule has 0 aliphatic carbocycles. The number of benzene rings is 2. The van der Waals surface area contributed by atoms with Crippen LogP contribution in [0.4, 0.5) is 5.00 Å². The standard InChI is InChI=1S/C20H16INO3S/c1-11-3-4-14(9-12(11)2)16-10-26-19(17(16)20(24)25)22-18(23)13-5-7-15(21)8-6-13/h3-10H,1-2H3,(H,22,23)(H,24,25). The number of hydrogen-bond donors (Lipinski definition) is 2. The first kappa shape index (κ1) is 18.6. The molecule has 0 aliphatic rings. The van der Waals surface area contributed by atoms with Crippen molar-refractivity contribution < 1.29 is 14.7 Å². The van der Waals surface area contributed by atoms with E-state index in [9.17, 15) is 14.7 Å². The fraction of sp³-hybridized carbons (Fsp3) is 0.100. The molecule has 0 saturated carbocycles. The Balaban J connectivity index is 1.97. The number of carbonyl (C=O) groups excluding carboxylic acids is 1. The topological polar surface area (TPSA) is 66.4 Å². The predicted molar refractivity (Wildman–Crippen MR) is 113 cm³/mol. The highest BCUT2D eigenvalue weighted by Gasteiger charge is 2.21. The fourth-order valence-electron chi connectivity index (χ4n) is 2.56. The monoisotopic (exact) mass is 477 g/mol. The van der Waals surface area contributed by atoms with Crippen molar-refractivity contribution in [2.24, 2.45) is 0 Å². The molecule has 0 spiro atoms. The van der Waals surface area contributed by atoms with Gasteiger partial charge in [-0.25, -0.2) is 4.79 Å². The van der Waals surface area contributed by atoms with Gasteiger partial charge in [0.05, 0.1) is 0 Å². The van der Waals surface area contributed by atoms with Crippen LogP contribution >= 0.6 is 33.9 Å². The lowest BCUT2D eigenvalue weighted by atomic mass is 9.99. The van der Waals surface area contributed by atoms with Crippen molar-refractivity contribution >= 4 is 50.8 Å². The lowest BCUT2D eigenvalue weighted by Crippen LogP contribution is -2.13. The van der Waals surface area contributed by atoms with E-state index in [1.54, 1.807) is 17.5 Å². The second-order valence-corrected chi connectivity index (χ2v) is 8.04. The third kappa shape index (κ3) is 3.81. The summed E-state index contributed by atoms with van der Waals surface area (Å²) >= 11 is 3.39. The zero-order chi connectivity index (χ0) is 18.8. The highest BCUT2D eigenvalue weighted by molar-refractivity contribution is 14.1. The Hall–Kier alpha value is -2.19. The Kier molecular flexibility index (Phi) is 5.43. The van der Waals surface area contributed by atoms with Crippen LogP contribution in [0.2, 0.25) is 0 Å². The Labute approximate surface area is 169 Å². The summed E-state index contributed by atoms with van der Waals surface area (Å²) in [7, 11) is 0. The van der Waals surface area contributed by atoms with Gasteiger partial charge in [0.15, 0.2) is 0 Å². The van der Waals surface area contributed by atoms with Crippen LogP contribution in [0.3, 0.4) is 0 Å². The van der Waals surface area contributed by atoms with Crippen LogP contribution in [0, 0.1) is 17.4 Å². The molecule has 26 heavy (non-hydrogen) atoms. The van der Waals surface area contributed by atoms with Gasteiger partial charge in [-0.2, -0.15) is 0 Å². The zero-order valence-electron chi connectivity index (χ0n) is 14.2. The number of carboxylic acid groups (broad SMARTS) is 1. The molecule has 0 radical (unpaired) electrons. The molecule has 0 unspecified atom stereocenters. The molecule has 4 nitrogen and oxygen atoms in total. The first-order valence-corrected chi connectivity index (χ1v) is 9.82. The van der Waals surface area contributed by atoms with E-state index in [1.807, 2.05) is 44.2 Å². The minimum absolute atomic E-state index is 0.122. The first-order valence-electron chi connectivity index (χ1n) is 7.86. The predicted octanol–water partition coefficient (Wildman–Crippen LogP) is 5.59. The van der Waals surface area contributed by atoms with E-state index in [0.717, 1.165) is 20.3 Å². The number of carbonyl (C=O) groups is 2. The van der Waals surface area contributed by atoms with Crippen LogP contribution in [-0.4, -0.2) is 17.0 Å². The Morgan fingerprint density at radius 3 is 2.35 bits per heavy atom. The summed E-state index contributed by atoms with van der Waals surface area (Å²) in [5, 5.41) is 14.6. The molecule has 1 amide bonds. The average Bonchev–Trinajstić information content (AvgIpc) is 3.01. The second kappa shape index (κ2) is 7.59. The Morgan fingerprint density at radius 2 is 1.73 bits per heavy atom. The molecule has 6 heteroatoms. The number of thiophene rings is 1. The van der Waals surface area contributed by atoms with Gasteiger partial charge in [-0.15, -0.1) is 11.3 Å². The van der Waals surface area contributed by atoms with Gasteiger partial charge in [0.1, 0.15) is 10.6 Å². The molecule has 0 aliphatic heterocycles. The van der Waals surface area contributed by atoms with Crippen molar-refractivity contribution in [2.75, 3.05) is 5.32 Å². The van der Waals surface area contributed by atoms with Gasteiger partial charge in [0, 0.05) is 20.1 Å². The lowest BCUT2D eigenvalue weighted by Gasteiger charge is -2.08. The molecule has 1 aromatic heterocycles. The average molecular weight is 477 g/mol. The number of amides is 1. The summed E-state index contributed by atoms with van der Waals surface area (Å²) in [4.78, 5) is 24.3. The molecule has 3 rings (SSSR count). The van der Waals surface area contributed by atoms with Crippen molar-refractivity contribution in [1.29, 1.82) is 0 Å². The molecule has 0 saturated heterocycles. The van der Waals surface area contributed by atoms with Crippen molar-refractivity contribution in [2.45, 2.75) is 13.8 Å². The minimum atomic E-state index is -1.06. The third-order valence-electron chi connectivity index (χ3n) is 4.16. The molecule has 1 heterocycles. The van der Waals surface area contributed by atoms with E-state index in [1.165, 1.54) is 11.3 Å². The highest BCUT2D eigenvalue weighted by Crippen LogP contribution is 2.36. The number of anilines is 1. The Morgan fingerprint density at radius 1 is 1.04 bits per heavy atom. The molecule has 2 N–H and O–H groups in total. The van der Waals surface area contributed by atoms with Crippen LogP contribution in [0.1, 0.15) is 31.8 Å². The summed E-state index contributed by atoms with van der Waals surface area (Å²) in [6.07, 6.45) is 0. The van der Waals surface area contributed by atoms with Gasteiger partial charge >= 0.3 is 5.97 Å². The van der Waals surface area contributed by atoms with Gasteiger partial charge < -0.3 is 10.4 Å². The fourth-order valence-corrected chi connectivity index (χ4v) is 3.88. The molecule has 0 bridgehead atoms. The smallest absolute Gasteiger partial charge is 0.339 e. The zero-order valence-corrected chi connectivity index (χ0v) is 17.1. The highest BCUT2D eigenvalue weighted by atomic mass is 127. The van der Waals surface area contributed by atoms with E-state index in [-0.39, 0.29) is 11.5 Å². The quantitative estimate of drug-likeness (QED) is 0.482. The van der Waals surface area contributed by atoms with E-state index < -0.39 is 5.97 Å². The summed E-state index contributed by atoms with van der Waals surface area (Å²) in [6.45, 7) is 4.00. The number of nitrogens with one attached hydrogen (secondary N) is 1. The van der Waals surface area contributed by atoms with E-state index in [2.05, 4.69) is 27.9 Å². The molecule has 2 aromatic carbocycles. The molecule has 0 fully saturated rings. The molecule has 132 valence electrons. The van der Waals surface area contributed by atoms with E-state index >= 15 is 0 Å². The number of hydrogen-bond acceptors (Lipinski definition) is 3. The van der Waals surface area contributed by atoms with Crippen molar-refractivity contribution in [3.63, 3.8) is 0 Å². The number of halogens is 1. The van der Waals surface area contributed by atoms with Crippen LogP contribution in [-0.2, 0) is 0 Å². The van der Waals surface area contributed by atoms with E-state index in [0.29, 0.717) is 16.1 Å². The normalized spacial score (nSPS) is 10.6. The van der Waals surface area contributed by atoms with Crippen molar-refractivity contribution in [3.05, 3.63) is 73.7 Å². The van der Waals surface area contributed by atoms with Gasteiger partial charge in [-0.05, 0) is 77.4 Å². The Bertz CT molecular complexity index is 993. The lowest BCUT2D eigenvalue weighted by molar-refractivity contribution is 0.0699. The summed E-state index contributed by atoms with van der Waals surface area (Å²) in [5.41, 5.74) is 4.29. The molecule has 0 atom stereocenters. The summed E-state index contributed by atoms with van der Waals surface area (Å²) in [5.74, 6) is -1.38. The summed E-state index contributed by atoms with van der Waals surface area (Å²) < 4.78 is 1.03. The van der Waals surface area contributed by atoms with Gasteiger partial charge in [0.2, 0.25) is 0 Å². The van der Waals surface area contributed by atoms with E-state index in [4.69, 9.17) is 0 Å². The van der Waals surface area contributed by atoms with Gasteiger partial charge in [-0.3, -0.25) is 4.79 Å². The van der Waals surface area contributed by atoms with Crippen molar-refractivity contribution in [1.82, 2.24) is 0 Å². The number of carboxylic acids is 1. The van der Waals surface area contributed by atoms with Crippen molar-refractivity contribution in [3.8, 4) is 11.1 Å². The maximum Gasteiger partial charge on any atom is 0.339 e. The first-order chi connectivity index (χ1) is 12.4. The molecule has 3 aromatic rings. The number of rotatable bonds is 4. The van der Waals surface area contributed by atoms with Gasteiger partial charge in [-0.1, -0.05) is 18.2 Å². The van der Waals surface area contributed by atoms with Crippen LogP contribution in [0.5, 0.6) is 0 Å². The molecular formula is C20H16INO3S. The van der Waals surface area contributed by atoms with Crippen LogP contribution < -0.4 is 5.32 Å².